The quantitative estimate of drug-likeness (QED) is 0.537. The Morgan fingerprint density at radius 1 is 1.28 bits per heavy atom. The molecule has 2 heteroatoms. The van der Waals surface area contributed by atoms with Gasteiger partial charge in [-0.2, -0.15) is 0 Å². The fourth-order valence-electron chi connectivity index (χ4n) is 1.79. The molecule has 0 aliphatic carbocycles. The first-order valence-corrected chi connectivity index (χ1v) is 6.21. The third-order valence-corrected chi connectivity index (χ3v) is 2.72. The standard InChI is InChI=1S/C16H21NO/c1-5-10-17(11-6-2)15-9-7-8-14(12-15)16(18)13(3)4/h5-9,12-13H,1-2,10-11H2,3-4H3. The molecule has 96 valence electrons. The van der Waals surface area contributed by atoms with Gasteiger partial charge in [-0.05, 0) is 12.1 Å². The molecular weight excluding hydrogens is 222 g/mol. The predicted molar refractivity (Wildman–Crippen MR) is 78.2 cm³/mol. The van der Waals surface area contributed by atoms with Crippen molar-refractivity contribution in [3.63, 3.8) is 0 Å². The molecule has 1 aromatic rings. The largest absolute Gasteiger partial charge is 0.364 e. The zero-order valence-electron chi connectivity index (χ0n) is 11.2. The van der Waals surface area contributed by atoms with Gasteiger partial charge in [0.1, 0.15) is 0 Å². The summed E-state index contributed by atoms with van der Waals surface area (Å²) >= 11 is 0. The van der Waals surface area contributed by atoms with Crippen LogP contribution in [0.1, 0.15) is 24.2 Å². The average molecular weight is 243 g/mol. The maximum atomic E-state index is 12.0. The molecule has 1 rings (SSSR count). The molecule has 0 atom stereocenters. The molecule has 0 heterocycles. The van der Waals surface area contributed by atoms with Crippen molar-refractivity contribution < 1.29 is 4.79 Å². The second-order valence-corrected chi connectivity index (χ2v) is 4.55. The molecule has 0 bridgehead atoms. The van der Waals surface area contributed by atoms with Gasteiger partial charge in [-0.3, -0.25) is 4.79 Å². The average Bonchev–Trinajstić information content (AvgIpc) is 2.37. The number of carbonyl (C=O) groups is 1. The van der Waals surface area contributed by atoms with Crippen LogP contribution in [0.15, 0.2) is 49.6 Å². The molecule has 18 heavy (non-hydrogen) atoms. The molecule has 0 aliphatic rings. The number of rotatable bonds is 7. The van der Waals surface area contributed by atoms with E-state index in [0.717, 1.165) is 24.3 Å². The van der Waals surface area contributed by atoms with E-state index in [1.165, 1.54) is 0 Å². The molecule has 0 aromatic heterocycles. The molecule has 1 aromatic carbocycles. The van der Waals surface area contributed by atoms with Crippen LogP contribution < -0.4 is 4.90 Å². The summed E-state index contributed by atoms with van der Waals surface area (Å²) in [6.45, 7) is 12.8. The predicted octanol–water partition coefficient (Wildman–Crippen LogP) is 3.70. The molecular formula is C16H21NO. The number of nitrogens with zero attached hydrogens (tertiary/aromatic N) is 1. The minimum Gasteiger partial charge on any atom is -0.364 e. The normalized spacial score (nSPS) is 10.2. The van der Waals surface area contributed by atoms with Crippen LogP contribution in [0.2, 0.25) is 0 Å². The first-order valence-electron chi connectivity index (χ1n) is 6.21. The molecule has 2 nitrogen and oxygen atoms in total. The molecule has 0 radical (unpaired) electrons. The van der Waals surface area contributed by atoms with Gasteiger partial charge in [-0.1, -0.05) is 38.1 Å². The Morgan fingerprint density at radius 3 is 2.39 bits per heavy atom. The van der Waals surface area contributed by atoms with Crippen molar-refractivity contribution in [2.75, 3.05) is 18.0 Å². The molecule has 0 spiro atoms. The van der Waals surface area contributed by atoms with Crippen molar-refractivity contribution in [3.8, 4) is 0 Å². The van der Waals surface area contributed by atoms with Crippen molar-refractivity contribution in [3.05, 3.63) is 55.1 Å². The zero-order chi connectivity index (χ0) is 13.5. The highest BCUT2D eigenvalue weighted by Gasteiger charge is 2.12. The lowest BCUT2D eigenvalue weighted by Crippen LogP contribution is -2.23. The van der Waals surface area contributed by atoms with E-state index in [2.05, 4.69) is 18.1 Å². The maximum Gasteiger partial charge on any atom is 0.165 e. The van der Waals surface area contributed by atoms with Gasteiger partial charge in [0, 0.05) is 30.3 Å². The Labute approximate surface area is 110 Å². The summed E-state index contributed by atoms with van der Waals surface area (Å²) in [5.41, 5.74) is 1.79. The van der Waals surface area contributed by atoms with E-state index in [9.17, 15) is 4.79 Å². The van der Waals surface area contributed by atoms with Gasteiger partial charge >= 0.3 is 0 Å². The van der Waals surface area contributed by atoms with Crippen LogP contribution in [0.3, 0.4) is 0 Å². The van der Waals surface area contributed by atoms with E-state index in [-0.39, 0.29) is 11.7 Å². The van der Waals surface area contributed by atoms with Crippen molar-refractivity contribution in [2.45, 2.75) is 13.8 Å². The van der Waals surface area contributed by atoms with E-state index in [1.807, 2.05) is 50.3 Å². The van der Waals surface area contributed by atoms with Gasteiger partial charge in [0.25, 0.3) is 0 Å². The molecule has 0 amide bonds. The van der Waals surface area contributed by atoms with E-state index in [0.29, 0.717) is 0 Å². The zero-order valence-corrected chi connectivity index (χ0v) is 11.2. The smallest absolute Gasteiger partial charge is 0.165 e. The van der Waals surface area contributed by atoms with E-state index in [1.54, 1.807) is 0 Å². The van der Waals surface area contributed by atoms with E-state index >= 15 is 0 Å². The van der Waals surface area contributed by atoms with Crippen LogP contribution in [0, 0.1) is 5.92 Å². The highest BCUT2D eigenvalue weighted by atomic mass is 16.1. The summed E-state index contributed by atoms with van der Waals surface area (Å²) in [6, 6.07) is 7.73. The Morgan fingerprint density at radius 2 is 1.89 bits per heavy atom. The lowest BCUT2D eigenvalue weighted by molar-refractivity contribution is 0.0939. The van der Waals surface area contributed by atoms with Crippen LogP contribution in [-0.4, -0.2) is 18.9 Å². The number of anilines is 1. The summed E-state index contributed by atoms with van der Waals surface area (Å²) in [5.74, 6) is 0.196. The Balaban J connectivity index is 3.01. The highest BCUT2D eigenvalue weighted by Crippen LogP contribution is 2.18. The first kappa shape index (κ1) is 14.2. The van der Waals surface area contributed by atoms with E-state index < -0.39 is 0 Å². The molecule has 0 fully saturated rings. The van der Waals surface area contributed by atoms with Crippen LogP contribution in [-0.2, 0) is 0 Å². The number of carbonyl (C=O) groups excluding carboxylic acids is 1. The third kappa shape index (κ3) is 3.59. The van der Waals surface area contributed by atoms with Crippen molar-refractivity contribution in [1.82, 2.24) is 0 Å². The second kappa shape index (κ2) is 6.80. The van der Waals surface area contributed by atoms with Gasteiger partial charge in [-0.15, -0.1) is 13.2 Å². The number of hydrogen-bond acceptors (Lipinski definition) is 2. The summed E-state index contributed by atoms with van der Waals surface area (Å²) in [6.07, 6.45) is 3.70. The Kier molecular flexibility index (Phi) is 5.37. The SMILES string of the molecule is C=CCN(CC=C)c1cccc(C(=O)C(C)C)c1. The van der Waals surface area contributed by atoms with Gasteiger partial charge < -0.3 is 4.90 Å². The minimum atomic E-state index is 0.0208. The fourth-order valence-corrected chi connectivity index (χ4v) is 1.79. The monoisotopic (exact) mass is 243 g/mol. The summed E-state index contributed by atoms with van der Waals surface area (Å²) < 4.78 is 0. The number of benzene rings is 1. The van der Waals surface area contributed by atoms with Gasteiger partial charge in [-0.25, -0.2) is 0 Å². The van der Waals surface area contributed by atoms with Gasteiger partial charge in [0.2, 0.25) is 0 Å². The van der Waals surface area contributed by atoms with Gasteiger partial charge in [0.15, 0.2) is 5.78 Å². The molecule has 0 aliphatic heterocycles. The Bertz CT molecular complexity index is 424. The maximum absolute atomic E-state index is 12.0. The number of hydrogen-bond donors (Lipinski definition) is 0. The summed E-state index contributed by atoms with van der Waals surface area (Å²) in [5, 5.41) is 0. The molecule has 0 unspecified atom stereocenters. The topological polar surface area (TPSA) is 20.3 Å². The lowest BCUT2D eigenvalue weighted by atomic mass is 10.0. The van der Waals surface area contributed by atoms with Crippen molar-refractivity contribution >= 4 is 11.5 Å². The molecule has 0 N–H and O–H groups in total. The van der Waals surface area contributed by atoms with E-state index in [4.69, 9.17) is 0 Å². The third-order valence-electron chi connectivity index (χ3n) is 2.72. The molecule has 0 saturated carbocycles. The van der Waals surface area contributed by atoms with Crippen molar-refractivity contribution in [2.24, 2.45) is 5.92 Å². The van der Waals surface area contributed by atoms with Gasteiger partial charge in [0.05, 0.1) is 0 Å². The number of Topliss-reactive ketones (excluding diaryl/α,β-unsaturated/α-hetero) is 1. The Hall–Kier alpha value is -1.83. The van der Waals surface area contributed by atoms with Crippen LogP contribution >= 0.6 is 0 Å². The minimum absolute atomic E-state index is 0.0208. The molecule has 0 saturated heterocycles. The summed E-state index contributed by atoms with van der Waals surface area (Å²) in [7, 11) is 0. The second-order valence-electron chi connectivity index (χ2n) is 4.55. The van der Waals surface area contributed by atoms with Crippen LogP contribution in [0.4, 0.5) is 5.69 Å². The first-order chi connectivity index (χ1) is 8.60. The van der Waals surface area contributed by atoms with Crippen molar-refractivity contribution in [1.29, 1.82) is 0 Å². The fraction of sp³-hybridized carbons (Fsp3) is 0.312. The van der Waals surface area contributed by atoms with Crippen LogP contribution in [0.5, 0.6) is 0 Å². The summed E-state index contributed by atoms with van der Waals surface area (Å²) in [4.78, 5) is 14.1. The highest BCUT2D eigenvalue weighted by molar-refractivity contribution is 5.98. The number of ketones is 1. The lowest BCUT2D eigenvalue weighted by Gasteiger charge is -2.22. The van der Waals surface area contributed by atoms with Crippen LogP contribution in [0.25, 0.3) is 0 Å².